The Labute approximate surface area is 146 Å². The molecule has 0 aliphatic carbocycles. The highest BCUT2D eigenvalue weighted by atomic mass is 16.2. The lowest BCUT2D eigenvalue weighted by Gasteiger charge is -2.34. The molecule has 1 atom stereocenters. The van der Waals surface area contributed by atoms with E-state index in [1.807, 2.05) is 19.1 Å². The van der Waals surface area contributed by atoms with Gasteiger partial charge >= 0.3 is 0 Å². The number of hydrogen-bond donors (Lipinski definition) is 3. The molecule has 2 aromatic rings. The minimum Gasteiger partial charge on any atom is -0.299 e. The van der Waals surface area contributed by atoms with Crippen LogP contribution in [0.25, 0.3) is 0 Å². The molecule has 0 spiro atoms. The van der Waals surface area contributed by atoms with E-state index in [0.29, 0.717) is 23.2 Å². The zero-order valence-corrected chi connectivity index (χ0v) is 14.0. The van der Waals surface area contributed by atoms with Gasteiger partial charge in [-0.15, -0.1) is 0 Å². The molecule has 0 bridgehead atoms. The molecule has 2 aromatic carbocycles. The number of rotatable bonds is 4. The van der Waals surface area contributed by atoms with Crippen LogP contribution in [0.2, 0.25) is 0 Å². The van der Waals surface area contributed by atoms with Crippen LogP contribution in [0.4, 0.5) is 0 Å². The van der Waals surface area contributed by atoms with Crippen molar-refractivity contribution in [2.45, 2.75) is 19.0 Å². The molecule has 25 heavy (non-hydrogen) atoms. The van der Waals surface area contributed by atoms with E-state index < -0.39 is 5.66 Å². The Morgan fingerprint density at radius 2 is 1.60 bits per heavy atom. The van der Waals surface area contributed by atoms with E-state index in [-0.39, 0.29) is 11.8 Å². The first kappa shape index (κ1) is 16.7. The van der Waals surface area contributed by atoms with Crippen LogP contribution in [-0.2, 0) is 0 Å². The van der Waals surface area contributed by atoms with E-state index in [0.717, 1.165) is 0 Å². The zero-order valence-electron chi connectivity index (χ0n) is 14.0. The van der Waals surface area contributed by atoms with Crippen LogP contribution in [0.1, 0.15) is 34.1 Å². The molecule has 6 heteroatoms. The Morgan fingerprint density at radius 1 is 1.04 bits per heavy atom. The molecule has 3 rings (SSSR count). The van der Waals surface area contributed by atoms with Gasteiger partial charge in [0.25, 0.3) is 11.8 Å². The van der Waals surface area contributed by atoms with Crippen molar-refractivity contribution in [2.75, 3.05) is 0 Å². The molecular weight excluding hydrogens is 316 g/mol. The van der Waals surface area contributed by atoms with Crippen LogP contribution in [0.15, 0.2) is 72.9 Å². The predicted molar refractivity (Wildman–Crippen MR) is 95.0 cm³/mol. The minimum absolute atomic E-state index is 0.205. The Balaban J connectivity index is 1.74. The van der Waals surface area contributed by atoms with Gasteiger partial charge in [0, 0.05) is 23.2 Å². The zero-order chi connectivity index (χ0) is 17.9. The van der Waals surface area contributed by atoms with Crippen LogP contribution in [0.5, 0.6) is 0 Å². The highest BCUT2D eigenvalue weighted by Gasteiger charge is 2.42. The second kappa shape index (κ2) is 6.78. The van der Waals surface area contributed by atoms with E-state index in [2.05, 4.69) is 22.9 Å². The molecule has 6 nitrogen and oxygen atoms in total. The number of amides is 2. The first-order chi connectivity index (χ1) is 12.0. The monoisotopic (exact) mass is 336 g/mol. The summed E-state index contributed by atoms with van der Waals surface area (Å²) >= 11 is 0. The van der Waals surface area contributed by atoms with E-state index in [4.69, 9.17) is 0 Å². The molecule has 1 aliphatic rings. The molecular formula is C19H20N4O2. The topological polar surface area (TPSA) is 73.5 Å². The Morgan fingerprint density at radius 3 is 2.20 bits per heavy atom. The first-order valence-corrected chi connectivity index (χ1v) is 7.96. The van der Waals surface area contributed by atoms with Gasteiger partial charge < -0.3 is 0 Å². The summed E-state index contributed by atoms with van der Waals surface area (Å²) in [5, 5.41) is 1.45. The molecule has 2 amide bonds. The lowest BCUT2D eigenvalue weighted by atomic mass is 10.1. The Kier molecular flexibility index (Phi) is 4.54. The lowest BCUT2D eigenvalue weighted by Crippen LogP contribution is -2.62. The minimum atomic E-state index is -0.839. The number of carbonyl (C=O) groups is 2. The van der Waals surface area contributed by atoms with Crippen LogP contribution in [0, 0.1) is 0 Å². The average Bonchev–Trinajstić information content (AvgIpc) is 2.95. The summed E-state index contributed by atoms with van der Waals surface area (Å²) in [5.41, 5.74) is 9.56. The van der Waals surface area contributed by atoms with Crippen LogP contribution < -0.4 is 16.3 Å². The third-order valence-corrected chi connectivity index (χ3v) is 4.03. The SMILES string of the molecule is C=C1CC(C)(NNC(=O)c2ccccc2)N(C(=O)c2ccccc2)N1. The molecule has 1 aliphatic heterocycles. The highest BCUT2D eigenvalue weighted by Crippen LogP contribution is 2.26. The molecule has 0 aromatic heterocycles. The number of benzene rings is 2. The van der Waals surface area contributed by atoms with Gasteiger partial charge in [0.05, 0.1) is 0 Å². The van der Waals surface area contributed by atoms with Gasteiger partial charge in [0.2, 0.25) is 0 Å². The van der Waals surface area contributed by atoms with Crippen molar-refractivity contribution in [1.29, 1.82) is 0 Å². The van der Waals surface area contributed by atoms with Gasteiger partial charge in [-0.1, -0.05) is 43.0 Å². The van der Waals surface area contributed by atoms with Crippen LogP contribution >= 0.6 is 0 Å². The van der Waals surface area contributed by atoms with Crippen LogP contribution in [-0.4, -0.2) is 22.5 Å². The molecule has 3 N–H and O–H groups in total. The van der Waals surface area contributed by atoms with Crippen LogP contribution in [0.3, 0.4) is 0 Å². The molecule has 0 radical (unpaired) electrons. The average molecular weight is 336 g/mol. The maximum Gasteiger partial charge on any atom is 0.274 e. The second-order valence-electron chi connectivity index (χ2n) is 6.12. The van der Waals surface area contributed by atoms with Crippen molar-refractivity contribution in [3.63, 3.8) is 0 Å². The van der Waals surface area contributed by atoms with Gasteiger partial charge in [0.15, 0.2) is 0 Å². The quantitative estimate of drug-likeness (QED) is 0.749. The van der Waals surface area contributed by atoms with E-state index in [1.165, 1.54) is 5.01 Å². The lowest BCUT2D eigenvalue weighted by molar-refractivity contribution is 0.0363. The standard InChI is InChI=1S/C19H20N4O2/c1-14-13-19(2,22-20-17(24)15-9-5-3-6-10-15)23(21-14)18(25)16-11-7-4-8-12-16/h3-12,21-22H,1,13H2,2H3,(H,20,24). The van der Waals surface area contributed by atoms with Gasteiger partial charge in [-0.2, -0.15) is 0 Å². The summed E-state index contributed by atoms with van der Waals surface area (Å²) in [6.07, 6.45) is 0.459. The summed E-state index contributed by atoms with van der Waals surface area (Å²) in [6.45, 7) is 5.73. The highest BCUT2D eigenvalue weighted by molar-refractivity contribution is 5.95. The molecule has 128 valence electrons. The summed E-state index contributed by atoms with van der Waals surface area (Å²) < 4.78 is 0. The number of carbonyl (C=O) groups excluding carboxylic acids is 2. The van der Waals surface area contributed by atoms with Crippen molar-refractivity contribution in [3.05, 3.63) is 84.1 Å². The first-order valence-electron chi connectivity index (χ1n) is 7.96. The summed E-state index contributed by atoms with van der Waals surface area (Å²) in [7, 11) is 0. The van der Waals surface area contributed by atoms with Crippen molar-refractivity contribution < 1.29 is 9.59 Å². The molecule has 1 unspecified atom stereocenters. The molecule has 1 heterocycles. The fraction of sp³-hybridized carbons (Fsp3) is 0.158. The largest absolute Gasteiger partial charge is 0.299 e. The molecule has 1 fully saturated rings. The van der Waals surface area contributed by atoms with E-state index in [1.54, 1.807) is 48.5 Å². The van der Waals surface area contributed by atoms with E-state index in [9.17, 15) is 9.59 Å². The van der Waals surface area contributed by atoms with Gasteiger partial charge in [0.1, 0.15) is 5.66 Å². The number of hydrazine groups is 2. The maximum absolute atomic E-state index is 12.8. The van der Waals surface area contributed by atoms with Crippen molar-refractivity contribution in [1.82, 2.24) is 21.3 Å². The van der Waals surface area contributed by atoms with Crippen molar-refractivity contribution in [2.24, 2.45) is 0 Å². The normalized spacial score (nSPS) is 19.4. The maximum atomic E-state index is 12.8. The fourth-order valence-corrected chi connectivity index (χ4v) is 2.75. The van der Waals surface area contributed by atoms with E-state index >= 15 is 0 Å². The Bertz CT molecular complexity index is 792. The predicted octanol–water partition coefficient (Wildman–Crippen LogP) is 2.20. The fourth-order valence-electron chi connectivity index (χ4n) is 2.75. The Hall–Kier alpha value is -3.12. The van der Waals surface area contributed by atoms with Crippen molar-refractivity contribution >= 4 is 11.8 Å². The number of nitrogens with one attached hydrogen (secondary N) is 3. The number of hydrogen-bond acceptors (Lipinski definition) is 4. The smallest absolute Gasteiger partial charge is 0.274 e. The second-order valence-corrected chi connectivity index (χ2v) is 6.12. The van der Waals surface area contributed by atoms with Gasteiger partial charge in [-0.3, -0.25) is 20.4 Å². The summed E-state index contributed by atoms with van der Waals surface area (Å²) in [4.78, 5) is 25.0. The number of nitrogens with zero attached hydrogens (tertiary/aromatic N) is 1. The summed E-state index contributed by atoms with van der Waals surface area (Å²) in [5.74, 6) is -0.477. The molecule has 0 saturated carbocycles. The van der Waals surface area contributed by atoms with Crippen molar-refractivity contribution in [3.8, 4) is 0 Å². The summed E-state index contributed by atoms with van der Waals surface area (Å²) in [6, 6.07) is 17.8. The third kappa shape index (κ3) is 3.54. The molecule has 1 saturated heterocycles. The van der Waals surface area contributed by atoms with Gasteiger partial charge in [-0.05, 0) is 31.2 Å². The third-order valence-electron chi connectivity index (χ3n) is 4.03. The van der Waals surface area contributed by atoms with Gasteiger partial charge in [-0.25, -0.2) is 10.4 Å².